The molecule has 0 saturated carbocycles. The first-order chi connectivity index (χ1) is 13.1. The van der Waals surface area contributed by atoms with Crippen molar-refractivity contribution in [1.82, 2.24) is 20.1 Å². The molecule has 2 fully saturated rings. The average Bonchev–Trinajstić information content (AvgIpc) is 2.71. The molecule has 0 aliphatic carbocycles. The lowest BCUT2D eigenvalue weighted by molar-refractivity contribution is -0.137. The molecular weight excluding hydrogens is 364 g/mol. The van der Waals surface area contributed by atoms with E-state index in [1.165, 1.54) is 4.90 Å². The number of carbonyl (C=O) groups excluding carboxylic acids is 2. The minimum atomic E-state index is -0.361. The molecule has 2 saturated heterocycles. The van der Waals surface area contributed by atoms with Crippen molar-refractivity contribution < 1.29 is 9.59 Å². The molecule has 1 N–H and O–H groups in total. The fourth-order valence-corrected chi connectivity index (χ4v) is 3.94. The van der Waals surface area contributed by atoms with E-state index >= 15 is 0 Å². The summed E-state index contributed by atoms with van der Waals surface area (Å²) in [4.78, 5) is 33.5. The Morgan fingerprint density at radius 2 is 1.93 bits per heavy atom. The van der Waals surface area contributed by atoms with E-state index in [2.05, 4.69) is 10.3 Å². The third kappa shape index (κ3) is 3.68. The predicted molar refractivity (Wildman–Crippen MR) is 102 cm³/mol. The van der Waals surface area contributed by atoms with Crippen LogP contribution in [-0.4, -0.2) is 45.4 Å². The highest BCUT2D eigenvalue weighted by atomic mass is 35.5. The standard InChI is InChI=1S/C20H21ClN4O2/c21-16-7-5-14(6-8-16)12-24-17-4-2-10-23-18(17)19(26)25(20(24)27)13-15-3-1-9-22-11-15/h1,3,5-9,11,17-18,23H,2,4,10,12-13H2. The Kier molecular flexibility index (Phi) is 5.09. The fourth-order valence-electron chi connectivity index (χ4n) is 3.81. The summed E-state index contributed by atoms with van der Waals surface area (Å²) in [5, 5.41) is 3.97. The number of imide groups is 1. The first kappa shape index (κ1) is 17.9. The van der Waals surface area contributed by atoms with E-state index < -0.39 is 0 Å². The van der Waals surface area contributed by atoms with E-state index in [1.807, 2.05) is 35.2 Å². The maximum absolute atomic E-state index is 13.2. The van der Waals surface area contributed by atoms with Crippen LogP contribution in [-0.2, 0) is 17.9 Å². The van der Waals surface area contributed by atoms with Crippen molar-refractivity contribution in [3.8, 4) is 0 Å². The van der Waals surface area contributed by atoms with Gasteiger partial charge < -0.3 is 10.2 Å². The Morgan fingerprint density at radius 1 is 1.11 bits per heavy atom. The van der Waals surface area contributed by atoms with Gasteiger partial charge in [0.25, 0.3) is 0 Å². The number of benzene rings is 1. The number of rotatable bonds is 4. The average molecular weight is 385 g/mol. The van der Waals surface area contributed by atoms with Crippen LogP contribution < -0.4 is 5.32 Å². The van der Waals surface area contributed by atoms with Crippen LogP contribution in [0.2, 0.25) is 5.02 Å². The van der Waals surface area contributed by atoms with Gasteiger partial charge in [0.2, 0.25) is 5.91 Å². The van der Waals surface area contributed by atoms with Crippen LogP contribution in [0.5, 0.6) is 0 Å². The molecule has 3 amide bonds. The summed E-state index contributed by atoms with van der Waals surface area (Å²) in [5.74, 6) is -0.152. The molecule has 1 aromatic carbocycles. The maximum atomic E-state index is 13.2. The van der Waals surface area contributed by atoms with Gasteiger partial charge in [0, 0.05) is 24.0 Å². The number of nitrogens with one attached hydrogen (secondary N) is 1. The molecule has 0 bridgehead atoms. The van der Waals surface area contributed by atoms with E-state index in [9.17, 15) is 9.59 Å². The molecule has 2 aliphatic heterocycles. The summed E-state index contributed by atoms with van der Waals surface area (Å²) < 4.78 is 0. The lowest BCUT2D eigenvalue weighted by atomic mass is 9.93. The summed E-state index contributed by atoms with van der Waals surface area (Å²) >= 11 is 5.98. The zero-order chi connectivity index (χ0) is 18.8. The molecule has 0 radical (unpaired) electrons. The number of carbonyl (C=O) groups is 2. The Bertz CT molecular complexity index is 828. The van der Waals surface area contributed by atoms with Gasteiger partial charge in [-0.3, -0.25) is 14.7 Å². The monoisotopic (exact) mass is 384 g/mol. The normalized spacial score (nSPS) is 22.7. The zero-order valence-corrected chi connectivity index (χ0v) is 15.6. The number of fused-ring (bicyclic) bond motifs is 1. The Hall–Kier alpha value is -2.44. The van der Waals surface area contributed by atoms with Gasteiger partial charge in [0.15, 0.2) is 0 Å². The van der Waals surface area contributed by atoms with Crippen molar-refractivity contribution in [3.05, 3.63) is 64.9 Å². The van der Waals surface area contributed by atoms with Crippen LogP contribution in [0.15, 0.2) is 48.8 Å². The molecule has 3 heterocycles. The van der Waals surface area contributed by atoms with Gasteiger partial charge >= 0.3 is 6.03 Å². The molecule has 27 heavy (non-hydrogen) atoms. The third-order valence-corrected chi connectivity index (χ3v) is 5.42. The number of nitrogens with zero attached hydrogens (tertiary/aromatic N) is 3. The number of pyridine rings is 1. The molecule has 2 aliphatic rings. The van der Waals surface area contributed by atoms with Crippen LogP contribution in [0.3, 0.4) is 0 Å². The van der Waals surface area contributed by atoms with Gasteiger partial charge in [-0.05, 0) is 48.7 Å². The lowest BCUT2D eigenvalue weighted by Crippen LogP contribution is -2.68. The fraction of sp³-hybridized carbons (Fsp3) is 0.350. The Morgan fingerprint density at radius 3 is 2.67 bits per heavy atom. The molecule has 6 nitrogen and oxygen atoms in total. The van der Waals surface area contributed by atoms with Crippen LogP contribution >= 0.6 is 11.6 Å². The number of hydrogen-bond acceptors (Lipinski definition) is 4. The van der Waals surface area contributed by atoms with E-state index in [0.29, 0.717) is 11.6 Å². The number of halogens is 1. The summed E-state index contributed by atoms with van der Waals surface area (Å²) in [6.07, 6.45) is 5.13. The number of piperidine rings is 1. The van der Waals surface area contributed by atoms with Crippen LogP contribution in [0, 0.1) is 0 Å². The largest absolute Gasteiger partial charge is 0.327 e. The number of amides is 3. The molecule has 0 spiro atoms. The summed E-state index contributed by atoms with van der Waals surface area (Å²) in [5.41, 5.74) is 1.83. The van der Waals surface area contributed by atoms with Crippen molar-refractivity contribution >= 4 is 23.5 Å². The molecule has 1 aromatic heterocycles. The molecule has 2 unspecified atom stereocenters. The van der Waals surface area contributed by atoms with Crippen molar-refractivity contribution in [3.63, 3.8) is 0 Å². The number of aromatic nitrogens is 1. The Labute approximate surface area is 163 Å². The SMILES string of the molecule is O=C1C2NCCCC2N(Cc2ccc(Cl)cc2)C(=O)N1Cc1cccnc1. The van der Waals surface area contributed by atoms with Crippen LogP contribution in [0.4, 0.5) is 4.79 Å². The van der Waals surface area contributed by atoms with Crippen molar-refractivity contribution in [2.24, 2.45) is 0 Å². The molecule has 4 rings (SSSR count). The minimum absolute atomic E-state index is 0.125. The minimum Gasteiger partial charge on any atom is -0.315 e. The number of urea groups is 1. The molecule has 140 valence electrons. The van der Waals surface area contributed by atoms with E-state index in [1.54, 1.807) is 18.5 Å². The Balaban J connectivity index is 1.62. The van der Waals surface area contributed by atoms with E-state index in [4.69, 9.17) is 11.6 Å². The van der Waals surface area contributed by atoms with Gasteiger partial charge in [-0.2, -0.15) is 0 Å². The van der Waals surface area contributed by atoms with Gasteiger partial charge in [-0.1, -0.05) is 29.8 Å². The van der Waals surface area contributed by atoms with E-state index in [-0.39, 0.29) is 30.6 Å². The van der Waals surface area contributed by atoms with Gasteiger partial charge in [-0.25, -0.2) is 4.79 Å². The molecule has 7 heteroatoms. The highest BCUT2D eigenvalue weighted by Crippen LogP contribution is 2.27. The first-order valence-electron chi connectivity index (χ1n) is 9.12. The quantitative estimate of drug-likeness (QED) is 0.880. The molecule has 2 atom stereocenters. The smallest absolute Gasteiger partial charge is 0.315 e. The van der Waals surface area contributed by atoms with Crippen LogP contribution in [0.1, 0.15) is 24.0 Å². The maximum Gasteiger partial charge on any atom is 0.327 e. The summed E-state index contributed by atoms with van der Waals surface area (Å²) in [7, 11) is 0. The highest BCUT2D eigenvalue weighted by Gasteiger charge is 2.46. The summed E-state index contributed by atoms with van der Waals surface area (Å²) in [6.45, 7) is 1.47. The van der Waals surface area contributed by atoms with Crippen molar-refractivity contribution in [2.75, 3.05) is 6.54 Å². The lowest BCUT2D eigenvalue weighted by Gasteiger charge is -2.47. The van der Waals surface area contributed by atoms with Gasteiger partial charge in [0.1, 0.15) is 6.04 Å². The molecule has 2 aromatic rings. The molecular formula is C20H21ClN4O2. The topological polar surface area (TPSA) is 65.5 Å². The highest BCUT2D eigenvalue weighted by molar-refractivity contribution is 6.30. The van der Waals surface area contributed by atoms with Crippen LogP contribution in [0.25, 0.3) is 0 Å². The van der Waals surface area contributed by atoms with E-state index in [0.717, 1.165) is 30.5 Å². The third-order valence-electron chi connectivity index (χ3n) is 5.16. The van der Waals surface area contributed by atoms with Crippen molar-refractivity contribution in [2.45, 2.75) is 38.0 Å². The zero-order valence-electron chi connectivity index (χ0n) is 14.8. The number of hydrogen-bond donors (Lipinski definition) is 1. The predicted octanol–water partition coefficient (Wildman–Crippen LogP) is 2.82. The first-order valence-corrected chi connectivity index (χ1v) is 9.50. The second-order valence-corrected chi connectivity index (χ2v) is 7.40. The van der Waals surface area contributed by atoms with Gasteiger partial charge in [0.05, 0.1) is 12.6 Å². The van der Waals surface area contributed by atoms with Crippen molar-refractivity contribution in [1.29, 1.82) is 0 Å². The second-order valence-electron chi connectivity index (χ2n) is 6.96. The second kappa shape index (κ2) is 7.66. The summed E-state index contributed by atoms with van der Waals surface area (Å²) in [6, 6.07) is 10.4. The van der Waals surface area contributed by atoms with Gasteiger partial charge in [-0.15, -0.1) is 0 Å².